The van der Waals surface area contributed by atoms with Crippen LogP contribution in [0.4, 0.5) is 5.82 Å². The van der Waals surface area contributed by atoms with Crippen LogP contribution in [0.15, 0.2) is 57.9 Å². The van der Waals surface area contributed by atoms with Gasteiger partial charge in [0, 0.05) is 15.2 Å². The molecule has 6 heteroatoms. The van der Waals surface area contributed by atoms with Gasteiger partial charge in [0.05, 0.1) is 0 Å². The van der Waals surface area contributed by atoms with Crippen LogP contribution >= 0.6 is 22.6 Å². The molecule has 0 aliphatic carbocycles. The number of para-hydroxylation sites is 1. The number of rotatable bonds is 2. The molecule has 0 spiro atoms. The van der Waals surface area contributed by atoms with Gasteiger partial charge in [0.2, 0.25) is 0 Å². The van der Waals surface area contributed by atoms with Crippen molar-refractivity contribution in [2.24, 2.45) is 0 Å². The Morgan fingerprint density at radius 2 is 2.00 bits per heavy atom. The Hall–Kier alpha value is -2.22. The van der Waals surface area contributed by atoms with E-state index in [0.29, 0.717) is 16.8 Å². The van der Waals surface area contributed by atoms with Crippen LogP contribution in [0.2, 0.25) is 0 Å². The minimum absolute atomic E-state index is 0.0472. The predicted octanol–water partition coefficient (Wildman–Crippen LogP) is 3.04. The third-order valence-corrected chi connectivity index (χ3v) is 3.49. The minimum atomic E-state index is -0.670. The maximum absolute atomic E-state index is 12.2. The van der Waals surface area contributed by atoms with Crippen molar-refractivity contribution >= 4 is 45.3 Å². The van der Waals surface area contributed by atoms with E-state index >= 15 is 0 Å². The Morgan fingerprint density at radius 1 is 1.19 bits per heavy atom. The van der Waals surface area contributed by atoms with Crippen molar-refractivity contribution < 1.29 is 9.21 Å². The lowest BCUT2D eigenvalue weighted by Crippen LogP contribution is -2.21. The van der Waals surface area contributed by atoms with E-state index in [2.05, 4.69) is 32.9 Å². The normalized spacial score (nSPS) is 10.5. The molecule has 1 N–H and O–H groups in total. The molecule has 21 heavy (non-hydrogen) atoms. The first-order valence-corrected chi connectivity index (χ1v) is 7.17. The van der Waals surface area contributed by atoms with Crippen LogP contribution in [0.3, 0.4) is 0 Å². The first-order valence-electron chi connectivity index (χ1n) is 6.09. The standard InChI is InChI=1S/C15H9IN2O3/c16-10-5-6-13(17-8-10)18-14(19)11-7-9-3-1-2-4-12(9)21-15(11)20/h1-8H,(H,17,18,19). The van der Waals surface area contributed by atoms with Gasteiger partial charge in [0.1, 0.15) is 17.0 Å². The van der Waals surface area contributed by atoms with E-state index in [9.17, 15) is 9.59 Å². The second-order valence-electron chi connectivity index (χ2n) is 4.30. The van der Waals surface area contributed by atoms with E-state index in [1.165, 1.54) is 6.07 Å². The summed E-state index contributed by atoms with van der Waals surface area (Å²) in [7, 11) is 0. The second-order valence-corrected chi connectivity index (χ2v) is 5.55. The van der Waals surface area contributed by atoms with Crippen LogP contribution in [-0.2, 0) is 0 Å². The number of nitrogens with zero attached hydrogens (tertiary/aromatic N) is 1. The van der Waals surface area contributed by atoms with E-state index in [-0.39, 0.29) is 5.56 Å². The molecule has 0 atom stereocenters. The van der Waals surface area contributed by atoms with Crippen LogP contribution in [-0.4, -0.2) is 10.9 Å². The van der Waals surface area contributed by atoms with Crippen LogP contribution in [0.25, 0.3) is 11.0 Å². The Balaban J connectivity index is 1.95. The Kier molecular flexibility index (Phi) is 3.70. The fraction of sp³-hybridized carbons (Fsp3) is 0. The molecule has 3 rings (SSSR count). The highest BCUT2D eigenvalue weighted by Gasteiger charge is 2.14. The average molecular weight is 392 g/mol. The lowest BCUT2D eigenvalue weighted by atomic mass is 10.2. The van der Waals surface area contributed by atoms with E-state index in [1.54, 1.807) is 30.5 Å². The number of anilines is 1. The van der Waals surface area contributed by atoms with Gasteiger partial charge in [0.15, 0.2) is 0 Å². The zero-order valence-electron chi connectivity index (χ0n) is 10.7. The van der Waals surface area contributed by atoms with Crippen LogP contribution in [0, 0.1) is 3.57 Å². The van der Waals surface area contributed by atoms with E-state index < -0.39 is 11.5 Å². The minimum Gasteiger partial charge on any atom is -0.422 e. The van der Waals surface area contributed by atoms with Gasteiger partial charge in [-0.2, -0.15) is 0 Å². The molecule has 0 fully saturated rings. The Labute approximate surface area is 133 Å². The lowest BCUT2D eigenvalue weighted by Gasteiger charge is -2.04. The van der Waals surface area contributed by atoms with Gasteiger partial charge in [-0.25, -0.2) is 9.78 Å². The smallest absolute Gasteiger partial charge is 0.349 e. The Bertz CT molecular complexity index is 872. The summed E-state index contributed by atoms with van der Waals surface area (Å²) >= 11 is 2.12. The molecule has 1 aromatic carbocycles. The number of aromatic nitrogens is 1. The number of fused-ring (bicyclic) bond motifs is 1. The van der Waals surface area contributed by atoms with Crippen molar-refractivity contribution in [3.63, 3.8) is 0 Å². The molecule has 0 saturated heterocycles. The maximum Gasteiger partial charge on any atom is 0.349 e. The quantitative estimate of drug-likeness (QED) is 0.538. The number of carbonyl (C=O) groups is 1. The number of hydrogen-bond donors (Lipinski definition) is 1. The largest absolute Gasteiger partial charge is 0.422 e. The van der Waals surface area contributed by atoms with E-state index in [0.717, 1.165) is 3.57 Å². The highest BCUT2D eigenvalue weighted by Crippen LogP contribution is 2.14. The van der Waals surface area contributed by atoms with Gasteiger partial charge >= 0.3 is 5.63 Å². The molecule has 0 unspecified atom stereocenters. The first-order chi connectivity index (χ1) is 10.1. The summed E-state index contributed by atoms with van der Waals surface area (Å²) in [5.41, 5.74) is -0.266. The molecule has 0 aliphatic rings. The fourth-order valence-corrected chi connectivity index (χ4v) is 2.17. The van der Waals surface area contributed by atoms with Crippen molar-refractivity contribution in [2.75, 3.05) is 5.32 Å². The zero-order chi connectivity index (χ0) is 14.8. The topological polar surface area (TPSA) is 72.2 Å². The monoisotopic (exact) mass is 392 g/mol. The van der Waals surface area contributed by atoms with Gasteiger partial charge < -0.3 is 9.73 Å². The maximum atomic E-state index is 12.2. The molecule has 3 aromatic rings. The molecule has 0 saturated carbocycles. The number of pyridine rings is 1. The van der Waals surface area contributed by atoms with Crippen molar-refractivity contribution in [1.29, 1.82) is 0 Å². The number of nitrogens with one attached hydrogen (secondary N) is 1. The zero-order valence-corrected chi connectivity index (χ0v) is 12.8. The number of halogens is 1. The molecule has 5 nitrogen and oxygen atoms in total. The summed E-state index contributed by atoms with van der Waals surface area (Å²) in [5, 5.41) is 3.27. The summed E-state index contributed by atoms with van der Waals surface area (Å²) in [6.45, 7) is 0. The van der Waals surface area contributed by atoms with Gasteiger partial charge in [-0.15, -0.1) is 0 Å². The van der Waals surface area contributed by atoms with Gasteiger partial charge in [-0.3, -0.25) is 4.79 Å². The number of carbonyl (C=O) groups excluding carboxylic acids is 1. The van der Waals surface area contributed by atoms with Crippen LogP contribution in [0.1, 0.15) is 10.4 Å². The summed E-state index contributed by atoms with van der Waals surface area (Å²) < 4.78 is 6.09. The number of hydrogen-bond acceptors (Lipinski definition) is 4. The van der Waals surface area contributed by atoms with Crippen molar-refractivity contribution in [2.45, 2.75) is 0 Å². The summed E-state index contributed by atoms with van der Waals surface area (Å²) in [4.78, 5) is 28.1. The number of amides is 1. The van der Waals surface area contributed by atoms with Gasteiger partial charge in [-0.1, -0.05) is 18.2 Å². The van der Waals surface area contributed by atoms with Crippen LogP contribution < -0.4 is 10.9 Å². The summed E-state index contributed by atoms with van der Waals surface area (Å²) in [5.74, 6) is -0.156. The van der Waals surface area contributed by atoms with Gasteiger partial charge in [-0.05, 0) is 46.9 Å². The predicted molar refractivity (Wildman–Crippen MR) is 87.4 cm³/mol. The van der Waals surface area contributed by atoms with Crippen molar-refractivity contribution in [1.82, 2.24) is 4.98 Å². The first kappa shape index (κ1) is 13.7. The molecule has 2 heterocycles. The second kappa shape index (κ2) is 5.65. The molecule has 0 radical (unpaired) electrons. The van der Waals surface area contributed by atoms with Crippen LogP contribution in [0.5, 0.6) is 0 Å². The molecule has 2 aromatic heterocycles. The summed E-state index contributed by atoms with van der Waals surface area (Å²) in [6.07, 6.45) is 1.62. The van der Waals surface area contributed by atoms with Gasteiger partial charge in [0.25, 0.3) is 5.91 Å². The lowest BCUT2D eigenvalue weighted by molar-refractivity contribution is 0.102. The highest BCUT2D eigenvalue weighted by atomic mass is 127. The molecule has 0 aliphatic heterocycles. The van der Waals surface area contributed by atoms with E-state index in [4.69, 9.17) is 4.42 Å². The summed E-state index contributed by atoms with van der Waals surface area (Å²) in [6, 6.07) is 12.0. The number of benzene rings is 1. The molecule has 0 bridgehead atoms. The molecular weight excluding hydrogens is 383 g/mol. The molecule has 1 amide bonds. The van der Waals surface area contributed by atoms with Crippen molar-refractivity contribution in [3.05, 3.63) is 68.2 Å². The average Bonchev–Trinajstić information content (AvgIpc) is 2.49. The third-order valence-electron chi connectivity index (χ3n) is 2.86. The SMILES string of the molecule is O=C(Nc1ccc(I)cn1)c1cc2ccccc2oc1=O. The third kappa shape index (κ3) is 2.94. The van der Waals surface area contributed by atoms with E-state index in [1.807, 2.05) is 12.1 Å². The fourth-order valence-electron chi connectivity index (χ4n) is 1.85. The van der Waals surface area contributed by atoms with Crippen molar-refractivity contribution in [3.8, 4) is 0 Å². The Morgan fingerprint density at radius 3 is 2.76 bits per heavy atom. The molecular formula is C15H9IN2O3. The highest BCUT2D eigenvalue weighted by molar-refractivity contribution is 14.1. The molecule has 104 valence electrons.